The van der Waals surface area contributed by atoms with Gasteiger partial charge in [-0.1, -0.05) is 6.92 Å². The van der Waals surface area contributed by atoms with Crippen molar-refractivity contribution < 1.29 is 8.42 Å². The molecule has 0 saturated heterocycles. The molecule has 1 N–H and O–H groups in total. The van der Waals surface area contributed by atoms with Gasteiger partial charge < -0.3 is 5.32 Å². The summed E-state index contributed by atoms with van der Waals surface area (Å²) in [4.78, 5) is 0. The summed E-state index contributed by atoms with van der Waals surface area (Å²) in [5, 5.41) is 7.08. The molecule has 0 fully saturated rings. The zero-order valence-electron chi connectivity index (χ0n) is 11.5. The molecule has 1 rings (SSSR count). The summed E-state index contributed by atoms with van der Waals surface area (Å²) in [7, 11) is -1.08. The molecule has 0 spiro atoms. The van der Waals surface area contributed by atoms with Gasteiger partial charge in [0.2, 0.25) is 0 Å². The topological polar surface area (TPSA) is 64.0 Å². The Balaban J connectivity index is 2.65. The highest BCUT2D eigenvalue weighted by atomic mass is 32.2. The monoisotopic (exact) mass is 273 g/mol. The first kappa shape index (κ1) is 15.2. The van der Waals surface area contributed by atoms with E-state index in [2.05, 4.69) is 17.3 Å². The standard InChI is InChI=1S/C12H23N3O2S/c1-5-12(13-4)11-8-14-15(9-11)6-7-18(16,17)10(2)3/h8-10,12-13H,5-7H2,1-4H3. The number of aromatic nitrogens is 2. The van der Waals surface area contributed by atoms with Gasteiger partial charge in [0.15, 0.2) is 9.84 Å². The highest BCUT2D eigenvalue weighted by Crippen LogP contribution is 2.14. The molecule has 1 aromatic rings. The van der Waals surface area contributed by atoms with Crippen molar-refractivity contribution in [2.45, 2.75) is 45.0 Å². The van der Waals surface area contributed by atoms with Crippen molar-refractivity contribution in [1.29, 1.82) is 0 Å². The summed E-state index contributed by atoms with van der Waals surface area (Å²) < 4.78 is 25.1. The van der Waals surface area contributed by atoms with E-state index in [1.54, 1.807) is 24.7 Å². The first-order valence-electron chi connectivity index (χ1n) is 6.32. The van der Waals surface area contributed by atoms with E-state index in [1.807, 2.05) is 13.2 Å². The van der Waals surface area contributed by atoms with Crippen LogP contribution in [0.25, 0.3) is 0 Å². The Labute approximate surface area is 109 Å². The fourth-order valence-corrected chi connectivity index (χ4v) is 2.66. The van der Waals surface area contributed by atoms with Gasteiger partial charge in [0.25, 0.3) is 0 Å². The van der Waals surface area contributed by atoms with Crippen LogP contribution in [0.2, 0.25) is 0 Å². The summed E-state index contributed by atoms with van der Waals surface area (Å²) in [5.74, 6) is 0.141. The lowest BCUT2D eigenvalue weighted by Crippen LogP contribution is -2.21. The van der Waals surface area contributed by atoms with E-state index in [-0.39, 0.29) is 17.0 Å². The summed E-state index contributed by atoms with van der Waals surface area (Å²) in [6, 6.07) is 0.278. The van der Waals surface area contributed by atoms with Gasteiger partial charge in [-0.15, -0.1) is 0 Å². The smallest absolute Gasteiger partial charge is 0.154 e. The van der Waals surface area contributed by atoms with Gasteiger partial charge >= 0.3 is 0 Å². The largest absolute Gasteiger partial charge is 0.313 e. The average Bonchev–Trinajstić information content (AvgIpc) is 2.77. The summed E-state index contributed by atoms with van der Waals surface area (Å²) in [6.45, 7) is 5.93. The van der Waals surface area contributed by atoms with Crippen LogP contribution in [0.5, 0.6) is 0 Å². The van der Waals surface area contributed by atoms with Gasteiger partial charge in [0, 0.05) is 17.8 Å². The van der Waals surface area contributed by atoms with Crippen molar-refractivity contribution >= 4 is 9.84 Å². The van der Waals surface area contributed by atoms with Crippen molar-refractivity contribution in [2.24, 2.45) is 0 Å². The predicted octanol–water partition coefficient (Wildman–Crippen LogP) is 1.38. The molecule has 0 saturated carbocycles. The Hall–Kier alpha value is -0.880. The molecule has 5 nitrogen and oxygen atoms in total. The molecule has 6 heteroatoms. The lowest BCUT2D eigenvalue weighted by Gasteiger charge is -2.10. The first-order chi connectivity index (χ1) is 8.40. The second-order valence-electron chi connectivity index (χ2n) is 4.70. The number of aryl methyl sites for hydroxylation is 1. The maximum atomic E-state index is 11.7. The van der Waals surface area contributed by atoms with Crippen LogP contribution in [0.15, 0.2) is 12.4 Å². The average molecular weight is 273 g/mol. The van der Waals surface area contributed by atoms with Crippen LogP contribution in [-0.4, -0.2) is 36.2 Å². The fourth-order valence-electron chi connectivity index (χ4n) is 1.74. The minimum Gasteiger partial charge on any atom is -0.313 e. The van der Waals surface area contributed by atoms with E-state index < -0.39 is 9.84 Å². The van der Waals surface area contributed by atoms with Gasteiger partial charge in [-0.2, -0.15) is 5.10 Å². The van der Waals surface area contributed by atoms with Gasteiger partial charge in [0.05, 0.1) is 23.7 Å². The fraction of sp³-hybridized carbons (Fsp3) is 0.750. The zero-order chi connectivity index (χ0) is 13.8. The lowest BCUT2D eigenvalue weighted by molar-refractivity contribution is 0.568. The molecule has 1 atom stereocenters. The Kier molecular flexibility index (Phi) is 5.34. The molecule has 18 heavy (non-hydrogen) atoms. The summed E-state index contributed by atoms with van der Waals surface area (Å²) in [6.07, 6.45) is 4.69. The van der Waals surface area contributed by atoms with Crippen molar-refractivity contribution in [1.82, 2.24) is 15.1 Å². The number of sulfone groups is 1. The second-order valence-corrected chi connectivity index (χ2v) is 7.38. The van der Waals surface area contributed by atoms with E-state index in [1.165, 1.54) is 0 Å². The third kappa shape index (κ3) is 3.81. The maximum absolute atomic E-state index is 11.7. The van der Waals surface area contributed by atoms with Gasteiger partial charge in [-0.05, 0) is 27.3 Å². The second kappa shape index (κ2) is 6.33. The van der Waals surface area contributed by atoms with E-state index in [9.17, 15) is 8.42 Å². The predicted molar refractivity (Wildman–Crippen MR) is 73.2 cm³/mol. The molecular formula is C12H23N3O2S. The van der Waals surface area contributed by atoms with E-state index in [0.717, 1.165) is 12.0 Å². The van der Waals surface area contributed by atoms with Gasteiger partial charge in [0.1, 0.15) is 0 Å². The SMILES string of the molecule is CCC(NC)c1cnn(CCS(=O)(=O)C(C)C)c1. The zero-order valence-corrected chi connectivity index (χ0v) is 12.4. The third-order valence-corrected chi connectivity index (χ3v) is 5.32. The molecule has 0 aliphatic carbocycles. The van der Waals surface area contributed by atoms with E-state index in [4.69, 9.17) is 0 Å². The molecule has 0 radical (unpaired) electrons. The Morgan fingerprint density at radius 2 is 2.11 bits per heavy atom. The van der Waals surface area contributed by atoms with Crippen molar-refractivity contribution in [2.75, 3.05) is 12.8 Å². The summed E-state index contributed by atoms with van der Waals surface area (Å²) in [5.41, 5.74) is 1.10. The molecule has 0 aliphatic rings. The molecule has 0 aliphatic heterocycles. The molecule has 1 aromatic heterocycles. The van der Waals surface area contributed by atoms with Crippen molar-refractivity contribution in [3.8, 4) is 0 Å². The minimum absolute atomic E-state index is 0.141. The number of hydrogen-bond acceptors (Lipinski definition) is 4. The highest BCUT2D eigenvalue weighted by molar-refractivity contribution is 7.91. The number of rotatable bonds is 7. The van der Waals surface area contributed by atoms with Crippen LogP contribution >= 0.6 is 0 Å². The van der Waals surface area contributed by atoms with Crippen LogP contribution in [0.4, 0.5) is 0 Å². The highest BCUT2D eigenvalue weighted by Gasteiger charge is 2.16. The minimum atomic E-state index is -2.99. The van der Waals surface area contributed by atoms with Crippen LogP contribution < -0.4 is 5.32 Å². The molecule has 0 bridgehead atoms. The molecule has 1 unspecified atom stereocenters. The van der Waals surface area contributed by atoms with Crippen LogP contribution in [0.1, 0.15) is 38.8 Å². The Morgan fingerprint density at radius 3 is 2.61 bits per heavy atom. The Morgan fingerprint density at radius 1 is 1.44 bits per heavy atom. The maximum Gasteiger partial charge on any atom is 0.154 e. The lowest BCUT2D eigenvalue weighted by atomic mass is 10.1. The molecule has 104 valence electrons. The molecular weight excluding hydrogens is 250 g/mol. The summed E-state index contributed by atoms with van der Waals surface area (Å²) >= 11 is 0. The van der Waals surface area contributed by atoms with Crippen LogP contribution in [0.3, 0.4) is 0 Å². The van der Waals surface area contributed by atoms with Crippen molar-refractivity contribution in [3.63, 3.8) is 0 Å². The first-order valence-corrected chi connectivity index (χ1v) is 8.03. The molecule has 0 amide bonds. The molecule has 1 heterocycles. The van der Waals surface area contributed by atoms with Crippen molar-refractivity contribution in [3.05, 3.63) is 18.0 Å². The normalized spacial score (nSPS) is 14.1. The van der Waals surface area contributed by atoms with Gasteiger partial charge in [-0.25, -0.2) is 8.42 Å². The number of nitrogens with one attached hydrogen (secondary N) is 1. The number of nitrogens with zero attached hydrogens (tertiary/aromatic N) is 2. The van der Waals surface area contributed by atoms with E-state index >= 15 is 0 Å². The molecule has 0 aromatic carbocycles. The van der Waals surface area contributed by atoms with Gasteiger partial charge in [-0.3, -0.25) is 4.68 Å². The third-order valence-electron chi connectivity index (χ3n) is 3.14. The number of hydrogen-bond donors (Lipinski definition) is 1. The quantitative estimate of drug-likeness (QED) is 0.815. The van der Waals surface area contributed by atoms with Crippen LogP contribution in [-0.2, 0) is 16.4 Å². The van der Waals surface area contributed by atoms with E-state index in [0.29, 0.717) is 6.54 Å². The Bertz CT molecular complexity index is 461. The van der Waals surface area contributed by atoms with Crippen LogP contribution in [0, 0.1) is 0 Å².